The molecule has 0 radical (unpaired) electrons. The van der Waals surface area contributed by atoms with Gasteiger partial charge < -0.3 is 4.98 Å². The third-order valence-corrected chi connectivity index (χ3v) is 2.65. The molecular formula is C9H11N5S. The molecule has 0 unspecified atom stereocenters. The van der Waals surface area contributed by atoms with Crippen LogP contribution in [0.15, 0.2) is 6.33 Å². The summed E-state index contributed by atoms with van der Waals surface area (Å²) in [4.78, 5) is 11.5. The Hall–Kier alpha value is -1.56. The van der Waals surface area contributed by atoms with Gasteiger partial charge in [0.15, 0.2) is 11.6 Å². The second-order valence-corrected chi connectivity index (χ2v) is 3.57. The van der Waals surface area contributed by atoms with Crippen molar-refractivity contribution in [2.75, 3.05) is 0 Å². The van der Waals surface area contributed by atoms with Gasteiger partial charge >= 0.3 is 0 Å². The molecule has 0 fully saturated rings. The summed E-state index contributed by atoms with van der Waals surface area (Å²) < 4.78 is 0.608. The van der Waals surface area contributed by atoms with Crippen molar-refractivity contribution in [3.63, 3.8) is 0 Å². The second kappa shape index (κ2) is 3.90. The molecule has 2 aromatic rings. The third-order valence-electron chi connectivity index (χ3n) is 2.25. The van der Waals surface area contributed by atoms with Crippen LogP contribution < -0.4 is 0 Å². The molecule has 15 heavy (non-hydrogen) atoms. The Morgan fingerprint density at radius 1 is 1.40 bits per heavy atom. The van der Waals surface area contributed by atoms with Crippen LogP contribution in [-0.2, 0) is 6.42 Å². The fourth-order valence-electron chi connectivity index (χ4n) is 1.36. The lowest BCUT2D eigenvalue weighted by molar-refractivity contribution is 0.953. The van der Waals surface area contributed by atoms with Gasteiger partial charge in [-0.3, -0.25) is 5.10 Å². The molecule has 5 nitrogen and oxygen atoms in total. The van der Waals surface area contributed by atoms with E-state index in [-0.39, 0.29) is 0 Å². The van der Waals surface area contributed by atoms with E-state index in [1.54, 1.807) is 0 Å². The van der Waals surface area contributed by atoms with E-state index < -0.39 is 0 Å². The molecule has 0 aliphatic heterocycles. The maximum atomic E-state index is 5.18. The highest BCUT2D eigenvalue weighted by Crippen LogP contribution is 2.12. The molecule has 2 heterocycles. The number of hydrogen-bond donors (Lipinski definition) is 2. The first-order valence-corrected chi connectivity index (χ1v) is 5.08. The van der Waals surface area contributed by atoms with Crippen LogP contribution in [0, 0.1) is 11.6 Å². The minimum absolute atomic E-state index is 0.607. The van der Waals surface area contributed by atoms with E-state index in [2.05, 4.69) is 32.1 Å². The fourth-order valence-corrected chi connectivity index (χ4v) is 1.58. The maximum Gasteiger partial charge on any atom is 0.191 e. The Morgan fingerprint density at radius 3 is 2.80 bits per heavy atom. The van der Waals surface area contributed by atoms with Gasteiger partial charge in [0.1, 0.15) is 11.0 Å². The van der Waals surface area contributed by atoms with Gasteiger partial charge in [-0.2, -0.15) is 5.10 Å². The van der Waals surface area contributed by atoms with Crippen LogP contribution in [0.4, 0.5) is 0 Å². The topological polar surface area (TPSA) is 70.2 Å². The number of aryl methyl sites for hydroxylation is 1. The summed E-state index contributed by atoms with van der Waals surface area (Å²) >= 11 is 5.18. The van der Waals surface area contributed by atoms with E-state index in [1.807, 2.05) is 6.92 Å². The summed E-state index contributed by atoms with van der Waals surface area (Å²) in [5.74, 6) is 1.25. The zero-order valence-corrected chi connectivity index (χ0v) is 9.35. The molecule has 2 aromatic heterocycles. The van der Waals surface area contributed by atoms with Crippen molar-refractivity contribution in [3.05, 3.63) is 22.2 Å². The van der Waals surface area contributed by atoms with Crippen LogP contribution in [0.2, 0.25) is 0 Å². The molecule has 6 heteroatoms. The first kappa shape index (κ1) is 9.97. The van der Waals surface area contributed by atoms with Crippen molar-refractivity contribution in [1.29, 1.82) is 0 Å². The first-order chi connectivity index (χ1) is 7.22. The van der Waals surface area contributed by atoms with Crippen LogP contribution in [0.3, 0.4) is 0 Å². The minimum Gasteiger partial charge on any atom is -0.340 e. The maximum absolute atomic E-state index is 5.18. The van der Waals surface area contributed by atoms with Crippen LogP contribution in [0.5, 0.6) is 0 Å². The van der Waals surface area contributed by atoms with Crippen molar-refractivity contribution in [2.24, 2.45) is 0 Å². The third kappa shape index (κ3) is 1.80. The number of hydrogen-bond acceptors (Lipinski definition) is 4. The summed E-state index contributed by atoms with van der Waals surface area (Å²) in [6.45, 7) is 4.03. The second-order valence-electron chi connectivity index (χ2n) is 3.18. The van der Waals surface area contributed by atoms with E-state index >= 15 is 0 Å². The predicted molar refractivity (Wildman–Crippen MR) is 58.9 cm³/mol. The van der Waals surface area contributed by atoms with Crippen molar-refractivity contribution in [2.45, 2.75) is 20.3 Å². The van der Waals surface area contributed by atoms with Crippen LogP contribution >= 0.6 is 12.2 Å². The number of rotatable bonds is 2. The van der Waals surface area contributed by atoms with E-state index in [4.69, 9.17) is 12.2 Å². The Balaban J connectivity index is 2.61. The van der Waals surface area contributed by atoms with Crippen LogP contribution in [0.25, 0.3) is 11.6 Å². The molecular weight excluding hydrogens is 210 g/mol. The average Bonchev–Trinajstić information content (AvgIpc) is 2.75. The molecule has 0 bridgehead atoms. The summed E-state index contributed by atoms with van der Waals surface area (Å²) in [5, 5.41) is 6.53. The SMILES string of the molecule is CCc1[nH]c(-c2ncn[nH]2)nc(=S)c1C. The van der Waals surface area contributed by atoms with E-state index in [9.17, 15) is 0 Å². The number of H-pyrrole nitrogens is 2. The van der Waals surface area contributed by atoms with Gasteiger partial charge in [0.2, 0.25) is 0 Å². The lowest BCUT2D eigenvalue weighted by Gasteiger charge is -2.05. The lowest BCUT2D eigenvalue weighted by Crippen LogP contribution is -2.00. The summed E-state index contributed by atoms with van der Waals surface area (Å²) in [6, 6.07) is 0. The highest BCUT2D eigenvalue weighted by molar-refractivity contribution is 7.71. The summed E-state index contributed by atoms with van der Waals surface area (Å²) in [5.41, 5.74) is 2.11. The summed E-state index contributed by atoms with van der Waals surface area (Å²) in [6.07, 6.45) is 2.33. The standard InChI is InChI=1S/C9H11N5S/c1-3-6-5(2)9(15)13-8(12-6)7-10-4-11-14-7/h4H,3H2,1-2H3,(H,10,11,14)(H,12,13,15). The minimum atomic E-state index is 0.607. The zero-order valence-electron chi connectivity index (χ0n) is 8.53. The molecule has 2 N–H and O–H groups in total. The number of nitrogens with one attached hydrogen (secondary N) is 2. The number of aromatic nitrogens is 5. The molecule has 0 spiro atoms. The molecule has 0 aliphatic carbocycles. The molecule has 78 valence electrons. The van der Waals surface area contributed by atoms with Gasteiger partial charge in [-0.15, -0.1) is 0 Å². The highest BCUT2D eigenvalue weighted by atomic mass is 32.1. The van der Waals surface area contributed by atoms with Crippen molar-refractivity contribution in [1.82, 2.24) is 25.1 Å². The normalized spacial score (nSPS) is 10.5. The molecule has 0 amide bonds. The van der Waals surface area contributed by atoms with Gasteiger partial charge in [-0.05, 0) is 13.3 Å². The largest absolute Gasteiger partial charge is 0.340 e. The zero-order chi connectivity index (χ0) is 10.8. The molecule has 0 atom stereocenters. The Labute approximate surface area is 92.0 Å². The van der Waals surface area contributed by atoms with Gasteiger partial charge in [-0.25, -0.2) is 9.97 Å². The quantitative estimate of drug-likeness (QED) is 0.758. The molecule has 0 aromatic carbocycles. The van der Waals surface area contributed by atoms with E-state index in [1.165, 1.54) is 6.33 Å². The monoisotopic (exact) mass is 221 g/mol. The van der Waals surface area contributed by atoms with Crippen molar-refractivity contribution < 1.29 is 0 Å². The summed E-state index contributed by atoms with van der Waals surface area (Å²) in [7, 11) is 0. The van der Waals surface area contributed by atoms with Gasteiger partial charge in [0, 0.05) is 11.3 Å². The van der Waals surface area contributed by atoms with Gasteiger partial charge in [0.05, 0.1) is 0 Å². The molecule has 2 rings (SSSR count). The Bertz CT molecular complexity index is 514. The van der Waals surface area contributed by atoms with Crippen LogP contribution in [0.1, 0.15) is 18.2 Å². The van der Waals surface area contributed by atoms with E-state index in [0.29, 0.717) is 16.3 Å². The van der Waals surface area contributed by atoms with Crippen LogP contribution in [-0.4, -0.2) is 25.1 Å². The van der Waals surface area contributed by atoms with E-state index in [0.717, 1.165) is 17.7 Å². The Morgan fingerprint density at radius 2 is 2.20 bits per heavy atom. The average molecular weight is 221 g/mol. The number of aromatic amines is 2. The molecule has 0 aliphatic rings. The fraction of sp³-hybridized carbons (Fsp3) is 0.333. The van der Waals surface area contributed by atoms with Gasteiger partial charge in [-0.1, -0.05) is 19.1 Å². The number of nitrogens with zero attached hydrogens (tertiary/aromatic N) is 3. The van der Waals surface area contributed by atoms with Crippen molar-refractivity contribution >= 4 is 12.2 Å². The van der Waals surface area contributed by atoms with Gasteiger partial charge in [0.25, 0.3) is 0 Å². The molecule has 0 saturated heterocycles. The molecule has 0 saturated carbocycles. The predicted octanol–water partition coefficient (Wildman–Crippen LogP) is 1.80. The lowest BCUT2D eigenvalue weighted by atomic mass is 10.2. The smallest absolute Gasteiger partial charge is 0.191 e. The Kier molecular flexibility index (Phi) is 2.59. The first-order valence-electron chi connectivity index (χ1n) is 4.68. The van der Waals surface area contributed by atoms with Crippen molar-refractivity contribution in [3.8, 4) is 11.6 Å². The highest BCUT2D eigenvalue weighted by Gasteiger charge is 2.07.